The van der Waals surface area contributed by atoms with Crippen LogP contribution in [0.1, 0.15) is 22.9 Å². The third kappa shape index (κ3) is 5.50. The van der Waals surface area contributed by atoms with Crippen LogP contribution in [-0.2, 0) is 0 Å². The molecular formula is C52H35N3O. The maximum atomic E-state index is 6.38. The lowest BCUT2D eigenvalue weighted by atomic mass is 9.98. The van der Waals surface area contributed by atoms with E-state index in [4.69, 9.17) is 9.41 Å². The Bertz CT molecular complexity index is 3150. The number of hydrogen-bond donors (Lipinski definition) is 1. The molecule has 2 aromatic heterocycles. The number of hydrogen-bond acceptors (Lipinski definition) is 3. The maximum Gasteiger partial charge on any atom is 0.145 e. The number of allylic oxidation sites excluding steroid dienone is 1. The average Bonchev–Trinajstić information content (AvgIpc) is 3.81. The van der Waals surface area contributed by atoms with E-state index >= 15 is 0 Å². The summed E-state index contributed by atoms with van der Waals surface area (Å²) in [4.78, 5) is 5.35. The molecular weight excluding hydrogens is 683 g/mol. The summed E-state index contributed by atoms with van der Waals surface area (Å²) < 4.78 is 8.76. The number of aromatic nitrogens is 1. The van der Waals surface area contributed by atoms with E-state index in [1.807, 2.05) is 0 Å². The molecule has 1 N–H and O–H groups in total. The molecule has 1 aliphatic heterocycles. The molecule has 1 aliphatic rings. The lowest BCUT2D eigenvalue weighted by Gasteiger charge is -2.25. The SMILES string of the molecule is C1=C(c2cccc(-c3ccccc3)c2)NC(c2ccc3c4ccccc4n(-c4ccc5oc6ccc(-c7ccccc7)cc6c5c4)c3c2)N=C1c1ccccc1. The van der Waals surface area contributed by atoms with Crippen molar-refractivity contribution < 1.29 is 4.42 Å². The zero-order valence-electron chi connectivity index (χ0n) is 30.4. The van der Waals surface area contributed by atoms with Crippen LogP contribution < -0.4 is 5.32 Å². The van der Waals surface area contributed by atoms with Crippen molar-refractivity contribution in [3.8, 4) is 27.9 Å². The summed E-state index contributed by atoms with van der Waals surface area (Å²) in [5.41, 5.74) is 15.1. The Morgan fingerprint density at radius 3 is 1.80 bits per heavy atom. The second-order valence-corrected chi connectivity index (χ2v) is 14.4. The molecule has 1 atom stereocenters. The molecule has 264 valence electrons. The number of aliphatic imine (C=N–C) groups is 1. The topological polar surface area (TPSA) is 42.5 Å². The highest BCUT2D eigenvalue weighted by Crippen LogP contribution is 2.38. The Balaban J connectivity index is 1.05. The normalized spacial score (nSPS) is 14.2. The molecule has 3 heterocycles. The van der Waals surface area contributed by atoms with Crippen LogP contribution in [-0.4, -0.2) is 10.3 Å². The lowest BCUT2D eigenvalue weighted by Crippen LogP contribution is -2.25. The predicted molar refractivity (Wildman–Crippen MR) is 232 cm³/mol. The van der Waals surface area contributed by atoms with Crippen LogP contribution in [0.4, 0.5) is 0 Å². The van der Waals surface area contributed by atoms with E-state index in [9.17, 15) is 0 Å². The molecule has 0 bridgehead atoms. The molecule has 10 aromatic rings. The zero-order chi connectivity index (χ0) is 37.0. The van der Waals surface area contributed by atoms with Crippen LogP contribution in [0.5, 0.6) is 0 Å². The van der Waals surface area contributed by atoms with Gasteiger partial charge in [0.05, 0.1) is 16.7 Å². The van der Waals surface area contributed by atoms with Crippen molar-refractivity contribution in [1.29, 1.82) is 0 Å². The van der Waals surface area contributed by atoms with Crippen LogP contribution in [0.3, 0.4) is 0 Å². The average molecular weight is 718 g/mol. The molecule has 8 aromatic carbocycles. The van der Waals surface area contributed by atoms with Crippen LogP contribution in [0.15, 0.2) is 210 Å². The van der Waals surface area contributed by atoms with E-state index in [1.165, 1.54) is 33.0 Å². The van der Waals surface area contributed by atoms with Gasteiger partial charge in [-0.2, -0.15) is 0 Å². The van der Waals surface area contributed by atoms with E-state index in [2.05, 4.69) is 210 Å². The Morgan fingerprint density at radius 1 is 0.429 bits per heavy atom. The van der Waals surface area contributed by atoms with Gasteiger partial charge in [0, 0.05) is 32.9 Å². The first-order chi connectivity index (χ1) is 27.7. The van der Waals surface area contributed by atoms with Gasteiger partial charge in [-0.05, 0) is 93.6 Å². The zero-order valence-corrected chi connectivity index (χ0v) is 30.4. The second kappa shape index (κ2) is 13.2. The first-order valence-corrected chi connectivity index (χ1v) is 19.1. The molecule has 0 radical (unpaired) electrons. The van der Waals surface area contributed by atoms with Crippen LogP contribution in [0.25, 0.3) is 77.4 Å². The van der Waals surface area contributed by atoms with Gasteiger partial charge in [0.2, 0.25) is 0 Å². The van der Waals surface area contributed by atoms with E-state index in [0.29, 0.717) is 0 Å². The van der Waals surface area contributed by atoms with Gasteiger partial charge in [-0.25, -0.2) is 0 Å². The Kier molecular flexibility index (Phi) is 7.52. The Labute approximate surface area is 324 Å². The lowest BCUT2D eigenvalue weighted by molar-refractivity contribution is 0.664. The van der Waals surface area contributed by atoms with Crippen LogP contribution in [0.2, 0.25) is 0 Å². The van der Waals surface area contributed by atoms with E-state index in [0.717, 1.165) is 66.8 Å². The summed E-state index contributed by atoms with van der Waals surface area (Å²) in [7, 11) is 0. The highest BCUT2D eigenvalue weighted by Gasteiger charge is 2.22. The van der Waals surface area contributed by atoms with Crippen LogP contribution >= 0.6 is 0 Å². The molecule has 0 aliphatic carbocycles. The number of fused-ring (bicyclic) bond motifs is 6. The number of nitrogens with one attached hydrogen (secondary N) is 1. The smallest absolute Gasteiger partial charge is 0.145 e. The summed E-state index contributed by atoms with van der Waals surface area (Å²) in [6.07, 6.45) is 1.87. The van der Waals surface area contributed by atoms with Gasteiger partial charge in [-0.1, -0.05) is 146 Å². The molecule has 4 nitrogen and oxygen atoms in total. The summed E-state index contributed by atoms with van der Waals surface area (Å²) in [6.45, 7) is 0. The molecule has 0 saturated heterocycles. The molecule has 1 unspecified atom stereocenters. The fourth-order valence-corrected chi connectivity index (χ4v) is 8.27. The molecule has 0 saturated carbocycles. The minimum atomic E-state index is -0.307. The molecule has 56 heavy (non-hydrogen) atoms. The van der Waals surface area contributed by atoms with E-state index in [-0.39, 0.29) is 6.17 Å². The highest BCUT2D eigenvalue weighted by atomic mass is 16.3. The minimum absolute atomic E-state index is 0.307. The predicted octanol–water partition coefficient (Wildman–Crippen LogP) is 13.1. The third-order valence-electron chi connectivity index (χ3n) is 11.0. The monoisotopic (exact) mass is 717 g/mol. The van der Waals surface area contributed by atoms with Gasteiger partial charge in [0.25, 0.3) is 0 Å². The van der Waals surface area contributed by atoms with Gasteiger partial charge >= 0.3 is 0 Å². The summed E-state index contributed by atoms with van der Waals surface area (Å²) in [6, 6.07) is 68.8. The molecule has 0 spiro atoms. The Morgan fingerprint density at radius 2 is 1.04 bits per heavy atom. The Hall–Kier alpha value is -7.43. The highest BCUT2D eigenvalue weighted by molar-refractivity contribution is 6.14. The molecule has 0 fully saturated rings. The molecule has 0 amide bonds. The summed E-state index contributed by atoms with van der Waals surface area (Å²) in [5, 5.41) is 8.44. The van der Waals surface area contributed by atoms with Gasteiger partial charge in [0.1, 0.15) is 17.3 Å². The van der Waals surface area contributed by atoms with Crippen molar-refractivity contribution in [2.24, 2.45) is 4.99 Å². The molecule has 4 heteroatoms. The van der Waals surface area contributed by atoms with Gasteiger partial charge in [0.15, 0.2) is 0 Å². The number of benzene rings is 8. The quantitative estimate of drug-likeness (QED) is 0.186. The van der Waals surface area contributed by atoms with E-state index < -0.39 is 0 Å². The van der Waals surface area contributed by atoms with Crippen molar-refractivity contribution in [3.05, 3.63) is 217 Å². The van der Waals surface area contributed by atoms with Gasteiger partial charge in [-0.3, -0.25) is 4.99 Å². The first kappa shape index (κ1) is 32.0. The van der Waals surface area contributed by atoms with Crippen molar-refractivity contribution in [3.63, 3.8) is 0 Å². The maximum absolute atomic E-state index is 6.38. The number of rotatable bonds is 6. The second-order valence-electron chi connectivity index (χ2n) is 14.4. The van der Waals surface area contributed by atoms with Crippen molar-refractivity contribution in [2.75, 3.05) is 0 Å². The van der Waals surface area contributed by atoms with Crippen molar-refractivity contribution in [2.45, 2.75) is 6.17 Å². The number of nitrogens with zero attached hydrogens (tertiary/aromatic N) is 2. The third-order valence-corrected chi connectivity index (χ3v) is 11.0. The van der Waals surface area contributed by atoms with Gasteiger partial charge in [-0.15, -0.1) is 0 Å². The summed E-state index contributed by atoms with van der Waals surface area (Å²) in [5.74, 6) is 0. The van der Waals surface area contributed by atoms with Gasteiger partial charge < -0.3 is 14.3 Å². The number of furan rings is 1. The van der Waals surface area contributed by atoms with E-state index in [1.54, 1.807) is 0 Å². The fourth-order valence-electron chi connectivity index (χ4n) is 8.27. The summed E-state index contributed by atoms with van der Waals surface area (Å²) >= 11 is 0. The minimum Gasteiger partial charge on any atom is -0.456 e. The largest absolute Gasteiger partial charge is 0.456 e. The standard InChI is InChI=1S/C52H35N3O/c1-4-13-34(14-5-1)37-19-12-20-39(29-37)47-33-46(36-17-8-3-9-18-36)53-52(54-47)40-23-26-43-42-21-10-11-22-48(42)55(49(43)31-40)41-25-28-51-45(32-41)44-30-38(24-27-50(44)56-51)35-15-6-2-7-16-35/h1-33,52,54H. The fraction of sp³-hybridized carbons (Fsp3) is 0.0192. The number of para-hydroxylation sites is 1. The van der Waals surface area contributed by atoms with Crippen molar-refractivity contribution in [1.82, 2.24) is 9.88 Å². The molecule has 11 rings (SSSR count). The van der Waals surface area contributed by atoms with Crippen molar-refractivity contribution >= 4 is 55.2 Å². The first-order valence-electron chi connectivity index (χ1n) is 19.1. The van der Waals surface area contributed by atoms with Crippen LogP contribution in [0, 0.1) is 0 Å².